The molecule has 0 amide bonds. The fourth-order valence-electron chi connectivity index (χ4n) is 4.59. The number of unbranched alkanes of at least 4 members (excludes halogenated alkanes) is 1. The van der Waals surface area contributed by atoms with Gasteiger partial charge in [-0.1, -0.05) is 48.0 Å². The van der Waals surface area contributed by atoms with Gasteiger partial charge < -0.3 is 14.2 Å². The number of nitrogens with zero attached hydrogens (tertiary/aromatic N) is 2. The van der Waals surface area contributed by atoms with Crippen molar-refractivity contribution in [3.63, 3.8) is 0 Å². The van der Waals surface area contributed by atoms with Crippen molar-refractivity contribution in [2.24, 2.45) is 17.3 Å². The summed E-state index contributed by atoms with van der Waals surface area (Å²) >= 11 is 0. The average Bonchev–Trinajstić information content (AvgIpc) is 2.89. The molecule has 1 heterocycles. The Morgan fingerprint density at radius 2 is 1.53 bits per heavy atom. The second-order valence-electron chi connectivity index (χ2n) is 9.85. The van der Waals surface area contributed by atoms with E-state index in [0.717, 1.165) is 19.4 Å². The van der Waals surface area contributed by atoms with Crippen molar-refractivity contribution in [1.82, 2.24) is 9.80 Å². The zero-order valence-corrected chi connectivity index (χ0v) is 25.7. The highest BCUT2D eigenvalue weighted by Gasteiger charge is 2.43. The molecule has 10 heteroatoms. The lowest BCUT2D eigenvalue weighted by molar-refractivity contribution is -0.172. The summed E-state index contributed by atoms with van der Waals surface area (Å²) in [5.41, 5.74) is -1.39. The van der Waals surface area contributed by atoms with Crippen molar-refractivity contribution < 1.29 is 37.0 Å². The highest BCUT2D eigenvalue weighted by molar-refractivity contribution is 6.04. The Hall–Kier alpha value is -1.23. The topological polar surface area (TPSA) is 68.3 Å². The molecular weight excluding hydrogens is 501 g/mol. The second-order valence-corrected chi connectivity index (χ2v) is 9.85. The Balaban J connectivity index is 0. The third-order valence-corrected chi connectivity index (χ3v) is 6.81. The van der Waals surface area contributed by atoms with E-state index in [-0.39, 0.29) is 24.3 Å². The van der Waals surface area contributed by atoms with Crippen LogP contribution in [0.25, 0.3) is 0 Å². The smallest absolute Gasteiger partial charge is 0.401 e. The van der Waals surface area contributed by atoms with E-state index in [2.05, 4.69) is 11.8 Å². The molecule has 0 aliphatic carbocycles. The van der Waals surface area contributed by atoms with Gasteiger partial charge in [0.2, 0.25) is 0 Å². The zero-order chi connectivity index (χ0) is 30.1. The maximum atomic E-state index is 13.0. The largest absolute Gasteiger partial charge is 0.463 e. The standard InChI is InChI=1S/C24H43F3N2O5.2C2H6/c1-8-9-12-28(5)19(18-10-13-29(14-11-18)16-24(25,26)27)15-34-22(31)23(3,4)20(30)17(2)21(32-6)33-7;2*1-2/h17-19,21H,8-16H2,1-7H3;2*1-2H3/t17-,19?;;/m0../s1. The molecule has 0 spiro atoms. The maximum Gasteiger partial charge on any atom is 0.401 e. The van der Waals surface area contributed by atoms with Crippen molar-refractivity contribution >= 4 is 11.8 Å². The highest BCUT2D eigenvalue weighted by atomic mass is 19.4. The molecular formula is C28H55F3N2O5. The number of hydrogen-bond donors (Lipinski definition) is 0. The van der Waals surface area contributed by atoms with E-state index >= 15 is 0 Å². The third-order valence-electron chi connectivity index (χ3n) is 6.81. The van der Waals surface area contributed by atoms with Crippen LogP contribution in [0, 0.1) is 17.3 Å². The van der Waals surface area contributed by atoms with Gasteiger partial charge in [0.15, 0.2) is 12.1 Å². The van der Waals surface area contributed by atoms with E-state index in [1.807, 2.05) is 34.7 Å². The van der Waals surface area contributed by atoms with E-state index < -0.39 is 36.3 Å². The number of methoxy groups -OCH3 is 2. The summed E-state index contributed by atoms with van der Waals surface area (Å²) in [5, 5.41) is 0. The van der Waals surface area contributed by atoms with Gasteiger partial charge in [-0.25, -0.2) is 0 Å². The molecule has 0 N–H and O–H groups in total. The Bertz CT molecular complexity index is 634. The molecule has 7 nitrogen and oxygen atoms in total. The first-order valence-corrected chi connectivity index (χ1v) is 14.0. The average molecular weight is 557 g/mol. The molecule has 0 aromatic carbocycles. The minimum absolute atomic E-state index is 0.0893. The number of carbonyl (C=O) groups is 2. The molecule has 1 saturated heterocycles. The van der Waals surface area contributed by atoms with E-state index in [4.69, 9.17) is 14.2 Å². The second kappa shape index (κ2) is 19.8. The van der Waals surface area contributed by atoms with E-state index in [9.17, 15) is 22.8 Å². The lowest BCUT2D eigenvalue weighted by Crippen LogP contribution is -2.49. The molecule has 1 aliphatic heterocycles. The van der Waals surface area contributed by atoms with Gasteiger partial charge in [0.05, 0.1) is 12.5 Å². The van der Waals surface area contributed by atoms with Gasteiger partial charge in [0, 0.05) is 20.3 Å². The minimum Gasteiger partial charge on any atom is -0.463 e. The van der Waals surface area contributed by atoms with Crippen LogP contribution in [0.1, 0.15) is 81.1 Å². The number of likely N-dealkylation sites (N-methyl/N-ethyl adjacent to an activating group) is 1. The quantitative estimate of drug-likeness (QED) is 0.152. The molecule has 1 rings (SSSR count). The number of ketones is 1. The summed E-state index contributed by atoms with van der Waals surface area (Å²) in [6.45, 7) is 15.5. The molecule has 1 aliphatic rings. The highest BCUT2D eigenvalue weighted by Crippen LogP contribution is 2.29. The molecule has 0 aromatic heterocycles. The Morgan fingerprint density at radius 3 is 1.95 bits per heavy atom. The number of hydrogen-bond acceptors (Lipinski definition) is 7. The number of alkyl halides is 3. The lowest BCUT2D eigenvalue weighted by atomic mass is 9.81. The number of esters is 1. The third kappa shape index (κ3) is 13.2. The normalized spacial score (nSPS) is 16.7. The van der Waals surface area contributed by atoms with Crippen LogP contribution in [0.3, 0.4) is 0 Å². The number of rotatable bonds is 14. The molecule has 1 fully saturated rings. The van der Waals surface area contributed by atoms with Crippen LogP contribution in [0.5, 0.6) is 0 Å². The number of carbonyl (C=O) groups excluding carboxylic acids is 2. The van der Waals surface area contributed by atoms with E-state index in [1.165, 1.54) is 33.0 Å². The number of ether oxygens (including phenoxy) is 3. The molecule has 228 valence electrons. The molecule has 2 atom stereocenters. The lowest BCUT2D eigenvalue weighted by Gasteiger charge is -2.40. The Labute approximate surface area is 229 Å². The van der Waals surface area contributed by atoms with Crippen LogP contribution in [0.15, 0.2) is 0 Å². The number of halogens is 3. The maximum absolute atomic E-state index is 13.0. The van der Waals surface area contributed by atoms with Gasteiger partial charge in [0.1, 0.15) is 12.0 Å². The molecule has 0 radical (unpaired) electrons. The fourth-order valence-corrected chi connectivity index (χ4v) is 4.59. The SMILES string of the molecule is CC.CC.CCCCN(C)C(COC(=O)C(C)(C)C(=O)[C@H](C)C(OC)OC)C1CCN(CC(F)(F)F)CC1. The minimum atomic E-state index is -4.21. The summed E-state index contributed by atoms with van der Waals surface area (Å²) < 4.78 is 54.3. The van der Waals surface area contributed by atoms with Gasteiger partial charge in [-0.2, -0.15) is 13.2 Å². The molecule has 1 unspecified atom stereocenters. The first-order valence-electron chi connectivity index (χ1n) is 14.0. The molecule has 0 saturated carbocycles. The first-order chi connectivity index (χ1) is 17.8. The van der Waals surface area contributed by atoms with Crippen molar-refractivity contribution in [3.05, 3.63) is 0 Å². The van der Waals surface area contributed by atoms with Crippen LogP contribution < -0.4 is 0 Å². The van der Waals surface area contributed by atoms with Crippen LogP contribution in [-0.4, -0.2) is 94.1 Å². The van der Waals surface area contributed by atoms with Crippen molar-refractivity contribution in [1.29, 1.82) is 0 Å². The molecule has 0 aromatic rings. The van der Waals surface area contributed by atoms with Gasteiger partial charge in [-0.3, -0.25) is 19.4 Å². The zero-order valence-electron chi connectivity index (χ0n) is 25.7. The predicted molar refractivity (Wildman–Crippen MR) is 146 cm³/mol. The van der Waals surface area contributed by atoms with Crippen LogP contribution in [0.2, 0.25) is 0 Å². The van der Waals surface area contributed by atoms with Crippen molar-refractivity contribution in [2.75, 3.05) is 54.1 Å². The van der Waals surface area contributed by atoms with E-state index in [0.29, 0.717) is 25.9 Å². The summed E-state index contributed by atoms with van der Waals surface area (Å²) in [6, 6.07) is -0.127. The summed E-state index contributed by atoms with van der Waals surface area (Å²) in [5.74, 6) is -1.54. The van der Waals surface area contributed by atoms with Gasteiger partial charge in [0.25, 0.3) is 0 Å². The van der Waals surface area contributed by atoms with Gasteiger partial charge in [-0.15, -0.1) is 0 Å². The number of likely N-dealkylation sites (tertiary alicyclic amines) is 1. The van der Waals surface area contributed by atoms with Crippen LogP contribution in [0.4, 0.5) is 13.2 Å². The summed E-state index contributed by atoms with van der Waals surface area (Å²) in [4.78, 5) is 29.5. The van der Waals surface area contributed by atoms with Crippen LogP contribution in [-0.2, 0) is 23.8 Å². The van der Waals surface area contributed by atoms with Crippen molar-refractivity contribution in [3.8, 4) is 0 Å². The van der Waals surface area contributed by atoms with Crippen LogP contribution >= 0.6 is 0 Å². The van der Waals surface area contributed by atoms with E-state index in [1.54, 1.807) is 6.92 Å². The summed E-state index contributed by atoms with van der Waals surface area (Å²) in [6.07, 6.45) is -1.82. The Kier molecular flexibility index (Phi) is 20.2. The van der Waals surface area contributed by atoms with Gasteiger partial charge in [-0.05, 0) is 65.7 Å². The Morgan fingerprint density at radius 1 is 1.03 bits per heavy atom. The monoisotopic (exact) mass is 556 g/mol. The molecule has 38 heavy (non-hydrogen) atoms. The first kappa shape index (κ1) is 38.9. The van der Waals surface area contributed by atoms with Crippen molar-refractivity contribution in [2.45, 2.75) is 99.6 Å². The fraction of sp³-hybridized carbons (Fsp3) is 0.929. The summed E-state index contributed by atoms with van der Waals surface area (Å²) in [7, 11) is 4.82. The molecule has 0 bridgehead atoms. The number of piperidine rings is 1. The van der Waals surface area contributed by atoms with Gasteiger partial charge >= 0.3 is 12.1 Å². The number of Topliss-reactive ketones (excluding diaryl/α,β-unsaturated/α-hetero) is 1. The predicted octanol–water partition coefficient (Wildman–Crippen LogP) is 5.81.